The van der Waals surface area contributed by atoms with Crippen LogP contribution in [0.3, 0.4) is 0 Å². The minimum Gasteiger partial charge on any atom is -0.258 e. The van der Waals surface area contributed by atoms with E-state index < -0.39 is 4.92 Å². The van der Waals surface area contributed by atoms with Crippen molar-refractivity contribution in [2.24, 2.45) is 0 Å². The molecule has 0 aliphatic carbocycles. The summed E-state index contributed by atoms with van der Waals surface area (Å²) in [4.78, 5) is 14.9. The summed E-state index contributed by atoms with van der Waals surface area (Å²) in [5.74, 6) is 0. The minimum absolute atomic E-state index is 0.0213. The van der Waals surface area contributed by atoms with Crippen LogP contribution in [0.4, 0.5) is 5.69 Å². The predicted molar refractivity (Wildman–Crippen MR) is 99.1 cm³/mol. The summed E-state index contributed by atoms with van der Waals surface area (Å²) < 4.78 is 0. The van der Waals surface area contributed by atoms with Gasteiger partial charge in [0, 0.05) is 28.1 Å². The van der Waals surface area contributed by atoms with E-state index in [1.165, 1.54) is 23.5 Å². The van der Waals surface area contributed by atoms with Gasteiger partial charge in [0.1, 0.15) is 11.1 Å². The van der Waals surface area contributed by atoms with Crippen molar-refractivity contribution in [1.82, 2.24) is 4.98 Å². The lowest BCUT2D eigenvalue weighted by Crippen LogP contribution is -1.88. The number of allylic oxidation sites excluding steroid dienone is 1. The van der Waals surface area contributed by atoms with E-state index in [9.17, 15) is 15.4 Å². The summed E-state index contributed by atoms with van der Waals surface area (Å²) in [5.41, 5.74) is 2.56. The lowest BCUT2D eigenvalue weighted by Gasteiger charge is -1.97. The molecule has 2 aromatic carbocycles. The van der Waals surface area contributed by atoms with E-state index in [-0.39, 0.29) is 5.69 Å². The topological polar surface area (TPSA) is 79.8 Å². The van der Waals surface area contributed by atoms with Crippen LogP contribution in [0.1, 0.15) is 10.6 Å². The van der Waals surface area contributed by atoms with Crippen LogP contribution < -0.4 is 0 Å². The largest absolute Gasteiger partial charge is 0.270 e. The zero-order chi connectivity index (χ0) is 17.8. The summed E-state index contributed by atoms with van der Waals surface area (Å²) in [6.07, 6.45) is 1.59. The number of benzene rings is 2. The zero-order valence-corrected chi connectivity index (χ0v) is 14.3. The number of rotatable bonds is 4. The molecule has 3 rings (SSSR count). The number of aromatic nitrogens is 1. The summed E-state index contributed by atoms with van der Waals surface area (Å²) in [7, 11) is 0. The third kappa shape index (κ3) is 3.91. The van der Waals surface area contributed by atoms with Gasteiger partial charge in [-0.2, -0.15) is 5.26 Å². The maximum absolute atomic E-state index is 10.9. The highest BCUT2D eigenvalue weighted by molar-refractivity contribution is 7.11. The number of nitro benzene ring substituents is 1. The van der Waals surface area contributed by atoms with Crippen LogP contribution in [0.5, 0.6) is 0 Å². The normalized spacial score (nSPS) is 11.1. The molecule has 7 heteroatoms. The van der Waals surface area contributed by atoms with Gasteiger partial charge in [0.25, 0.3) is 5.69 Å². The molecule has 0 aliphatic heterocycles. The van der Waals surface area contributed by atoms with E-state index in [0.717, 1.165) is 11.3 Å². The van der Waals surface area contributed by atoms with Gasteiger partial charge >= 0.3 is 0 Å². The Hall–Kier alpha value is -3.01. The van der Waals surface area contributed by atoms with E-state index >= 15 is 0 Å². The Morgan fingerprint density at radius 3 is 2.72 bits per heavy atom. The fourth-order valence-corrected chi connectivity index (χ4v) is 3.11. The van der Waals surface area contributed by atoms with Crippen molar-refractivity contribution in [1.29, 1.82) is 5.26 Å². The molecule has 0 saturated carbocycles. The number of nitriles is 1. The molecule has 1 heterocycles. The Kier molecular flexibility index (Phi) is 4.89. The van der Waals surface area contributed by atoms with Gasteiger partial charge in [0.15, 0.2) is 0 Å². The standard InChI is InChI=1S/C18H10ClN3O2S/c19-15-6-4-13(5-7-15)17-11-25-18(21-17)14(10-20)8-12-2-1-3-16(9-12)22(23)24/h1-9,11H/b14-8-. The molecule has 0 amide bonds. The Morgan fingerprint density at radius 1 is 1.28 bits per heavy atom. The molecule has 0 atom stereocenters. The molecule has 0 saturated heterocycles. The number of hydrogen-bond donors (Lipinski definition) is 0. The first-order valence-corrected chi connectivity index (χ1v) is 8.40. The first-order chi connectivity index (χ1) is 12.1. The van der Waals surface area contributed by atoms with E-state index in [1.54, 1.807) is 30.3 Å². The number of halogens is 1. The smallest absolute Gasteiger partial charge is 0.258 e. The summed E-state index contributed by atoms with van der Waals surface area (Å²) in [6.45, 7) is 0. The van der Waals surface area contributed by atoms with Crippen molar-refractivity contribution in [3.63, 3.8) is 0 Å². The monoisotopic (exact) mass is 367 g/mol. The van der Waals surface area contributed by atoms with Crippen LogP contribution in [0.15, 0.2) is 53.9 Å². The minimum atomic E-state index is -0.467. The predicted octanol–water partition coefficient (Wildman–Crippen LogP) is 5.44. The molecule has 3 aromatic rings. The number of nitro groups is 1. The number of nitrogens with zero attached hydrogens (tertiary/aromatic N) is 3. The van der Waals surface area contributed by atoms with Gasteiger partial charge in [-0.15, -0.1) is 11.3 Å². The van der Waals surface area contributed by atoms with Gasteiger partial charge in [-0.05, 0) is 23.8 Å². The van der Waals surface area contributed by atoms with E-state index in [0.29, 0.717) is 21.2 Å². The summed E-state index contributed by atoms with van der Waals surface area (Å²) >= 11 is 7.23. The molecular weight excluding hydrogens is 358 g/mol. The molecule has 0 spiro atoms. The molecular formula is C18H10ClN3O2S. The van der Waals surface area contributed by atoms with Crippen molar-refractivity contribution in [2.45, 2.75) is 0 Å². The summed E-state index contributed by atoms with van der Waals surface area (Å²) in [5, 5.41) is 23.3. The Balaban J connectivity index is 1.94. The highest BCUT2D eigenvalue weighted by Gasteiger charge is 2.10. The average molecular weight is 368 g/mol. The number of thiazole rings is 1. The molecule has 0 bridgehead atoms. The van der Waals surface area contributed by atoms with Gasteiger partial charge in [-0.25, -0.2) is 4.98 Å². The molecule has 0 fully saturated rings. The lowest BCUT2D eigenvalue weighted by molar-refractivity contribution is -0.384. The number of non-ortho nitro benzene ring substituents is 1. The van der Waals surface area contributed by atoms with Crippen LogP contribution in [-0.2, 0) is 0 Å². The third-order valence-electron chi connectivity index (χ3n) is 3.39. The Morgan fingerprint density at radius 2 is 2.04 bits per heavy atom. The van der Waals surface area contributed by atoms with Gasteiger partial charge in [0.2, 0.25) is 0 Å². The first kappa shape index (κ1) is 16.8. The quantitative estimate of drug-likeness (QED) is 0.349. The maximum Gasteiger partial charge on any atom is 0.270 e. The molecule has 0 aliphatic rings. The highest BCUT2D eigenvalue weighted by atomic mass is 35.5. The highest BCUT2D eigenvalue weighted by Crippen LogP contribution is 2.28. The maximum atomic E-state index is 10.9. The van der Waals surface area contributed by atoms with Crippen molar-refractivity contribution < 1.29 is 4.92 Å². The molecule has 122 valence electrons. The Labute approximate surface area is 152 Å². The van der Waals surface area contributed by atoms with Gasteiger partial charge < -0.3 is 0 Å². The SMILES string of the molecule is N#C/C(=C/c1cccc([N+](=O)[O-])c1)c1nc(-c2ccc(Cl)cc2)cs1. The first-order valence-electron chi connectivity index (χ1n) is 7.15. The second-order valence-corrected chi connectivity index (χ2v) is 6.36. The van der Waals surface area contributed by atoms with Crippen LogP contribution in [0, 0.1) is 21.4 Å². The zero-order valence-electron chi connectivity index (χ0n) is 12.7. The average Bonchev–Trinajstić information content (AvgIpc) is 3.10. The van der Waals surface area contributed by atoms with Crippen molar-refractivity contribution in [3.8, 4) is 17.3 Å². The molecule has 0 N–H and O–H groups in total. The third-order valence-corrected chi connectivity index (χ3v) is 4.51. The van der Waals surface area contributed by atoms with Gasteiger partial charge in [0.05, 0.1) is 16.2 Å². The van der Waals surface area contributed by atoms with Gasteiger partial charge in [-0.3, -0.25) is 10.1 Å². The second kappa shape index (κ2) is 7.26. The van der Waals surface area contributed by atoms with Crippen LogP contribution >= 0.6 is 22.9 Å². The van der Waals surface area contributed by atoms with E-state index in [1.807, 2.05) is 17.5 Å². The van der Waals surface area contributed by atoms with Crippen molar-refractivity contribution in [3.05, 3.63) is 79.6 Å². The molecule has 5 nitrogen and oxygen atoms in total. The molecule has 0 unspecified atom stereocenters. The number of hydrogen-bond acceptors (Lipinski definition) is 5. The molecule has 1 aromatic heterocycles. The van der Waals surface area contributed by atoms with Crippen LogP contribution in [0.2, 0.25) is 5.02 Å². The molecule has 0 radical (unpaired) electrons. The fraction of sp³-hybridized carbons (Fsp3) is 0. The van der Waals surface area contributed by atoms with Crippen LogP contribution in [-0.4, -0.2) is 9.91 Å². The van der Waals surface area contributed by atoms with Gasteiger partial charge in [-0.1, -0.05) is 35.9 Å². The second-order valence-electron chi connectivity index (χ2n) is 5.07. The van der Waals surface area contributed by atoms with E-state index in [2.05, 4.69) is 11.1 Å². The molecule has 25 heavy (non-hydrogen) atoms. The van der Waals surface area contributed by atoms with Crippen molar-refractivity contribution >= 4 is 40.3 Å². The Bertz CT molecular complexity index is 1000. The fourth-order valence-electron chi connectivity index (χ4n) is 2.19. The van der Waals surface area contributed by atoms with E-state index in [4.69, 9.17) is 11.6 Å². The van der Waals surface area contributed by atoms with Crippen LogP contribution in [0.25, 0.3) is 22.9 Å². The lowest BCUT2D eigenvalue weighted by atomic mass is 10.1. The summed E-state index contributed by atoms with van der Waals surface area (Å²) in [6, 6.07) is 15.5. The van der Waals surface area contributed by atoms with Crippen molar-refractivity contribution in [2.75, 3.05) is 0 Å².